The van der Waals surface area contributed by atoms with Gasteiger partial charge in [-0.25, -0.2) is 0 Å². The molecule has 5 heteroatoms. The van der Waals surface area contributed by atoms with Crippen molar-refractivity contribution in [1.82, 2.24) is 10.2 Å². The number of hydrogen-bond acceptors (Lipinski definition) is 4. The molecule has 3 aliphatic rings. The van der Waals surface area contributed by atoms with E-state index in [1.165, 1.54) is 55.4 Å². The van der Waals surface area contributed by atoms with Gasteiger partial charge in [0.05, 0.1) is 17.1 Å². The molecule has 1 N–H and O–H groups in total. The van der Waals surface area contributed by atoms with Gasteiger partial charge in [0.2, 0.25) is 0 Å². The number of thiophene rings is 1. The molecule has 0 aromatic carbocycles. The quantitative estimate of drug-likeness (QED) is 0.644. The average Bonchev–Trinajstić information content (AvgIpc) is 3.06. The number of fused-ring (bicyclic) bond motifs is 1. The first-order valence-electron chi connectivity index (χ1n) is 12.3. The molecule has 1 aromatic rings. The van der Waals surface area contributed by atoms with Crippen LogP contribution in [0.2, 0.25) is 0 Å². The number of nitrogens with zero attached hydrogens (tertiary/aromatic N) is 1. The van der Waals surface area contributed by atoms with Crippen molar-refractivity contribution >= 4 is 17.2 Å². The summed E-state index contributed by atoms with van der Waals surface area (Å²) in [5, 5.41) is 3.33. The van der Waals surface area contributed by atoms with Crippen LogP contribution in [-0.4, -0.2) is 49.2 Å². The predicted octanol–water partition coefficient (Wildman–Crippen LogP) is 5.20. The monoisotopic (exact) mass is 432 g/mol. The minimum absolute atomic E-state index is 0.155. The maximum Gasteiger partial charge on any atom is 0.261 e. The van der Waals surface area contributed by atoms with Crippen LogP contribution in [0.1, 0.15) is 91.7 Å². The molecule has 1 saturated carbocycles. The van der Waals surface area contributed by atoms with Gasteiger partial charge in [0.25, 0.3) is 5.91 Å². The lowest BCUT2D eigenvalue weighted by Crippen LogP contribution is -2.51. The third-order valence-electron chi connectivity index (χ3n) is 7.32. The van der Waals surface area contributed by atoms with Gasteiger partial charge in [0, 0.05) is 36.5 Å². The Kier molecular flexibility index (Phi) is 7.53. The van der Waals surface area contributed by atoms with Gasteiger partial charge in [0.1, 0.15) is 0 Å². The molecule has 0 radical (unpaired) electrons. The van der Waals surface area contributed by atoms with E-state index in [0.717, 1.165) is 56.7 Å². The molecule has 2 fully saturated rings. The molecule has 30 heavy (non-hydrogen) atoms. The van der Waals surface area contributed by atoms with E-state index in [4.69, 9.17) is 4.74 Å². The predicted molar refractivity (Wildman–Crippen MR) is 124 cm³/mol. The van der Waals surface area contributed by atoms with Gasteiger partial charge in [-0.3, -0.25) is 4.79 Å². The smallest absolute Gasteiger partial charge is 0.261 e. The third kappa shape index (κ3) is 5.66. The summed E-state index contributed by atoms with van der Waals surface area (Å²) in [6.45, 7) is 8.48. The molecule has 1 saturated heterocycles. The van der Waals surface area contributed by atoms with Crippen LogP contribution in [0.25, 0.3) is 0 Å². The third-order valence-corrected chi connectivity index (χ3v) is 8.55. The minimum atomic E-state index is 0.155. The zero-order chi connectivity index (χ0) is 21.0. The molecule has 1 aliphatic heterocycles. The maximum atomic E-state index is 12.9. The van der Waals surface area contributed by atoms with Gasteiger partial charge in [-0.1, -0.05) is 19.3 Å². The number of carbonyl (C=O) groups excluding carboxylic acids is 1. The van der Waals surface area contributed by atoms with Gasteiger partial charge < -0.3 is 15.0 Å². The summed E-state index contributed by atoms with van der Waals surface area (Å²) in [6.07, 6.45) is 14.4. The fraction of sp³-hybridized carbons (Fsp3) is 0.800. The zero-order valence-corrected chi connectivity index (χ0v) is 19.8. The van der Waals surface area contributed by atoms with Crippen LogP contribution in [0.15, 0.2) is 6.07 Å². The summed E-state index contributed by atoms with van der Waals surface area (Å²) in [6, 6.07) is 2.19. The van der Waals surface area contributed by atoms with Crippen LogP contribution >= 0.6 is 11.3 Å². The molecule has 2 heterocycles. The molecular formula is C25H40N2O2S. The number of nitrogens with one attached hydrogen (secondary N) is 1. The summed E-state index contributed by atoms with van der Waals surface area (Å²) >= 11 is 1.75. The largest absolute Gasteiger partial charge is 0.375 e. The van der Waals surface area contributed by atoms with Gasteiger partial charge in [-0.05, 0) is 76.8 Å². The second-order valence-electron chi connectivity index (χ2n) is 10.2. The number of amides is 1. The molecule has 2 aliphatic carbocycles. The molecule has 168 valence electrons. The van der Waals surface area contributed by atoms with Gasteiger partial charge >= 0.3 is 0 Å². The van der Waals surface area contributed by atoms with E-state index in [1.807, 2.05) is 0 Å². The second kappa shape index (κ2) is 10.1. The number of hydrogen-bond donors (Lipinski definition) is 1. The highest BCUT2D eigenvalue weighted by Gasteiger charge is 2.39. The standard InChI is InChI=1S/C25H40N2O2S/c1-19(2)29-21-10-14-27(15-11-21)18-25(12-7-13-25)17-26-24(28)23-16-20-8-5-3-4-6-9-22(20)30-23/h16,19,21H,3-15,17-18H2,1-2H3,(H,26,28). The van der Waals surface area contributed by atoms with E-state index in [-0.39, 0.29) is 11.3 Å². The topological polar surface area (TPSA) is 41.6 Å². The normalized spacial score (nSPS) is 22.8. The lowest BCUT2D eigenvalue weighted by Gasteiger charge is -2.46. The van der Waals surface area contributed by atoms with Crippen LogP contribution in [0.5, 0.6) is 0 Å². The van der Waals surface area contributed by atoms with Crippen molar-refractivity contribution in [1.29, 1.82) is 0 Å². The van der Waals surface area contributed by atoms with Crippen molar-refractivity contribution < 1.29 is 9.53 Å². The summed E-state index contributed by atoms with van der Waals surface area (Å²) in [7, 11) is 0. The average molecular weight is 433 g/mol. The van der Waals surface area contributed by atoms with Crippen molar-refractivity contribution in [2.45, 2.75) is 96.7 Å². The van der Waals surface area contributed by atoms with Crippen molar-refractivity contribution in [3.8, 4) is 0 Å². The second-order valence-corrected chi connectivity index (χ2v) is 11.3. The molecule has 0 bridgehead atoms. The van der Waals surface area contributed by atoms with Crippen LogP contribution < -0.4 is 5.32 Å². The van der Waals surface area contributed by atoms with E-state index >= 15 is 0 Å². The van der Waals surface area contributed by atoms with E-state index in [9.17, 15) is 4.79 Å². The van der Waals surface area contributed by atoms with Crippen LogP contribution in [0.3, 0.4) is 0 Å². The Morgan fingerprint density at radius 1 is 1.17 bits per heavy atom. The maximum absolute atomic E-state index is 12.9. The Bertz CT molecular complexity index is 677. The highest BCUT2D eigenvalue weighted by molar-refractivity contribution is 7.14. The van der Waals surface area contributed by atoms with Gasteiger partial charge in [-0.2, -0.15) is 0 Å². The van der Waals surface area contributed by atoms with Gasteiger partial charge in [0.15, 0.2) is 0 Å². The van der Waals surface area contributed by atoms with Crippen molar-refractivity contribution in [3.63, 3.8) is 0 Å². The Balaban J connectivity index is 1.28. The van der Waals surface area contributed by atoms with Crippen LogP contribution in [0, 0.1) is 5.41 Å². The summed E-state index contributed by atoms with van der Waals surface area (Å²) in [5.74, 6) is 0.155. The van der Waals surface area contributed by atoms with Crippen LogP contribution in [0.4, 0.5) is 0 Å². The van der Waals surface area contributed by atoms with Gasteiger partial charge in [-0.15, -0.1) is 11.3 Å². The molecule has 0 unspecified atom stereocenters. The fourth-order valence-corrected chi connectivity index (χ4v) is 6.61. The highest BCUT2D eigenvalue weighted by Crippen LogP contribution is 2.41. The van der Waals surface area contributed by atoms with E-state index in [0.29, 0.717) is 12.2 Å². The van der Waals surface area contributed by atoms with E-state index in [2.05, 4.69) is 30.1 Å². The Labute approximate surface area is 186 Å². The molecule has 1 amide bonds. The fourth-order valence-electron chi connectivity index (χ4n) is 5.44. The molecule has 1 aromatic heterocycles. The first-order chi connectivity index (χ1) is 14.5. The zero-order valence-electron chi connectivity index (χ0n) is 19.0. The Hall–Kier alpha value is -0.910. The molecule has 0 atom stereocenters. The highest BCUT2D eigenvalue weighted by atomic mass is 32.1. The number of ether oxygens (including phenoxy) is 1. The Morgan fingerprint density at radius 2 is 1.90 bits per heavy atom. The first kappa shape index (κ1) is 22.3. The van der Waals surface area contributed by atoms with Crippen LogP contribution in [-0.2, 0) is 17.6 Å². The number of rotatable bonds is 7. The number of piperidine rings is 1. The summed E-state index contributed by atoms with van der Waals surface area (Å²) in [4.78, 5) is 17.9. The van der Waals surface area contributed by atoms with E-state index < -0.39 is 0 Å². The summed E-state index contributed by atoms with van der Waals surface area (Å²) in [5.41, 5.74) is 1.72. The molecule has 4 nitrogen and oxygen atoms in total. The van der Waals surface area contributed by atoms with Crippen molar-refractivity contribution in [3.05, 3.63) is 21.4 Å². The first-order valence-corrected chi connectivity index (χ1v) is 13.1. The van der Waals surface area contributed by atoms with E-state index in [1.54, 1.807) is 11.3 Å². The number of likely N-dealkylation sites (tertiary alicyclic amines) is 1. The molecule has 0 spiro atoms. The Morgan fingerprint density at radius 3 is 2.57 bits per heavy atom. The number of aryl methyl sites for hydroxylation is 2. The SMILES string of the molecule is CC(C)OC1CCN(CC2(CNC(=O)c3cc4c(s3)CCCCCC4)CCC2)CC1. The molecular weight excluding hydrogens is 392 g/mol. The lowest BCUT2D eigenvalue weighted by molar-refractivity contribution is -0.0380. The minimum Gasteiger partial charge on any atom is -0.375 e. The number of carbonyl (C=O) groups is 1. The lowest BCUT2D eigenvalue weighted by atomic mass is 9.68. The summed E-state index contributed by atoms with van der Waals surface area (Å²) < 4.78 is 6.01. The van der Waals surface area contributed by atoms with Crippen molar-refractivity contribution in [2.75, 3.05) is 26.2 Å². The van der Waals surface area contributed by atoms with Crippen molar-refractivity contribution in [2.24, 2.45) is 5.41 Å². The molecule has 4 rings (SSSR count).